The van der Waals surface area contributed by atoms with Crippen LogP contribution in [0.25, 0.3) is 22.4 Å². The van der Waals surface area contributed by atoms with E-state index in [0.29, 0.717) is 11.3 Å². The molecular weight excluding hydrogens is 249 g/mol. The van der Waals surface area contributed by atoms with Crippen LogP contribution in [0.15, 0.2) is 24.3 Å². The van der Waals surface area contributed by atoms with Gasteiger partial charge in [0.25, 0.3) is 0 Å². The molecule has 2 aromatic heterocycles. The lowest BCUT2D eigenvalue weighted by molar-refractivity contribution is 0.629. The maximum absolute atomic E-state index is 13.1. The molecule has 0 saturated heterocycles. The number of H-pyrrole nitrogens is 1. The molecule has 3 rings (SSSR count). The summed E-state index contributed by atoms with van der Waals surface area (Å²) in [5.41, 5.74) is 8.32. The average molecular weight is 261 g/mol. The van der Waals surface area contributed by atoms with Crippen LogP contribution in [-0.2, 0) is 6.42 Å². The Morgan fingerprint density at radius 1 is 1.39 bits per heavy atom. The molecule has 0 aliphatic rings. The zero-order valence-corrected chi connectivity index (χ0v) is 10.6. The third-order valence-corrected chi connectivity index (χ3v) is 3.97. The van der Waals surface area contributed by atoms with Crippen molar-refractivity contribution in [2.24, 2.45) is 0 Å². The number of imidazole rings is 1. The molecule has 0 atom stereocenters. The lowest BCUT2D eigenvalue weighted by atomic mass is 10.2. The van der Waals surface area contributed by atoms with Crippen molar-refractivity contribution in [2.75, 3.05) is 5.73 Å². The monoisotopic (exact) mass is 261 g/mol. The second-order valence-electron chi connectivity index (χ2n) is 4.09. The fourth-order valence-corrected chi connectivity index (χ4v) is 2.80. The van der Waals surface area contributed by atoms with E-state index in [1.807, 2.05) is 6.07 Å². The molecule has 3 nitrogen and oxygen atoms in total. The van der Waals surface area contributed by atoms with E-state index in [2.05, 4.69) is 16.9 Å². The number of rotatable bonds is 2. The molecule has 1 aromatic carbocycles. The van der Waals surface area contributed by atoms with Gasteiger partial charge >= 0.3 is 0 Å². The summed E-state index contributed by atoms with van der Waals surface area (Å²) in [6, 6.07) is 6.54. The van der Waals surface area contributed by atoms with Crippen LogP contribution in [0, 0.1) is 5.82 Å². The number of aryl methyl sites for hydroxylation is 1. The Labute approximate surface area is 107 Å². The van der Waals surface area contributed by atoms with Crippen molar-refractivity contribution in [3.8, 4) is 11.4 Å². The van der Waals surface area contributed by atoms with Crippen LogP contribution in [0.5, 0.6) is 0 Å². The number of nitrogens with zero attached hydrogens (tertiary/aromatic N) is 1. The number of fused-ring (bicyclic) bond motifs is 1. The zero-order valence-electron chi connectivity index (χ0n) is 9.83. The van der Waals surface area contributed by atoms with Gasteiger partial charge in [-0.1, -0.05) is 6.92 Å². The van der Waals surface area contributed by atoms with Crippen LogP contribution in [0.1, 0.15) is 11.8 Å². The van der Waals surface area contributed by atoms with Crippen LogP contribution in [0.4, 0.5) is 9.39 Å². The van der Waals surface area contributed by atoms with Gasteiger partial charge in [-0.15, -0.1) is 11.3 Å². The minimum atomic E-state index is -0.273. The third-order valence-electron chi connectivity index (χ3n) is 2.86. The number of aromatic amines is 1. The van der Waals surface area contributed by atoms with Gasteiger partial charge in [-0.3, -0.25) is 0 Å². The summed E-state index contributed by atoms with van der Waals surface area (Å²) < 4.78 is 13.1. The molecule has 0 amide bonds. The first-order valence-electron chi connectivity index (χ1n) is 5.71. The Hall–Kier alpha value is -1.88. The topological polar surface area (TPSA) is 54.7 Å². The summed E-state index contributed by atoms with van der Waals surface area (Å²) in [5, 5.41) is 0.742. The largest absolute Gasteiger partial charge is 0.390 e. The summed E-state index contributed by atoms with van der Waals surface area (Å²) in [5.74, 6) is 0.425. The first-order valence-corrected chi connectivity index (χ1v) is 6.53. The molecule has 0 radical (unpaired) electrons. The van der Waals surface area contributed by atoms with Crippen LogP contribution in [0.3, 0.4) is 0 Å². The number of hydrogen-bond donors (Lipinski definition) is 2. The molecule has 92 valence electrons. The van der Waals surface area contributed by atoms with Gasteiger partial charge in [-0.05, 0) is 30.7 Å². The summed E-state index contributed by atoms with van der Waals surface area (Å²) >= 11 is 1.57. The Kier molecular flexibility index (Phi) is 2.56. The van der Waals surface area contributed by atoms with Gasteiger partial charge < -0.3 is 10.7 Å². The van der Waals surface area contributed by atoms with Gasteiger partial charge in [0.05, 0.1) is 21.6 Å². The SMILES string of the molecule is CCc1cc(-c2nc3ccc(F)cc3[nH]2)c(N)s1. The molecule has 18 heavy (non-hydrogen) atoms. The number of halogens is 1. The van der Waals surface area contributed by atoms with E-state index in [9.17, 15) is 4.39 Å². The van der Waals surface area contributed by atoms with E-state index in [1.165, 1.54) is 17.0 Å². The number of benzene rings is 1. The molecule has 2 heterocycles. The molecule has 0 aliphatic carbocycles. The van der Waals surface area contributed by atoms with E-state index in [1.54, 1.807) is 17.4 Å². The number of nitrogens with two attached hydrogens (primary N) is 1. The van der Waals surface area contributed by atoms with Gasteiger partial charge in [0.2, 0.25) is 0 Å². The fraction of sp³-hybridized carbons (Fsp3) is 0.154. The van der Waals surface area contributed by atoms with Crippen molar-refractivity contribution < 1.29 is 4.39 Å². The molecule has 0 spiro atoms. The Morgan fingerprint density at radius 3 is 2.94 bits per heavy atom. The molecule has 0 bridgehead atoms. The molecule has 3 N–H and O–H groups in total. The summed E-state index contributed by atoms with van der Waals surface area (Å²) in [7, 11) is 0. The highest BCUT2D eigenvalue weighted by Gasteiger charge is 2.12. The van der Waals surface area contributed by atoms with Gasteiger partial charge in [-0.25, -0.2) is 9.37 Å². The van der Waals surface area contributed by atoms with E-state index >= 15 is 0 Å². The van der Waals surface area contributed by atoms with Crippen molar-refractivity contribution in [1.82, 2.24) is 9.97 Å². The first-order chi connectivity index (χ1) is 8.67. The highest BCUT2D eigenvalue weighted by Crippen LogP contribution is 2.33. The Morgan fingerprint density at radius 2 is 2.22 bits per heavy atom. The van der Waals surface area contributed by atoms with E-state index < -0.39 is 0 Å². The maximum atomic E-state index is 13.1. The fourth-order valence-electron chi connectivity index (χ4n) is 1.93. The molecule has 0 saturated carbocycles. The number of nitrogens with one attached hydrogen (secondary N) is 1. The van der Waals surface area contributed by atoms with Gasteiger partial charge in [0, 0.05) is 4.88 Å². The lowest BCUT2D eigenvalue weighted by Crippen LogP contribution is -1.84. The van der Waals surface area contributed by atoms with Gasteiger partial charge in [-0.2, -0.15) is 0 Å². The smallest absolute Gasteiger partial charge is 0.141 e. The first kappa shape index (κ1) is 11.2. The minimum absolute atomic E-state index is 0.273. The second-order valence-corrected chi connectivity index (χ2v) is 5.26. The molecule has 0 fully saturated rings. The van der Waals surface area contributed by atoms with Crippen LogP contribution >= 0.6 is 11.3 Å². The number of nitrogen functional groups attached to an aromatic ring is 1. The average Bonchev–Trinajstić information content (AvgIpc) is 2.91. The van der Waals surface area contributed by atoms with Crippen LogP contribution in [-0.4, -0.2) is 9.97 Å². The lowest BCUT2D eigenvalue weighted by Gasteiger charge is -1.92. The number of anilines is 1. The minimum Gasteiger partial charge on any atom is -0.390 e. The highest BCUT2D eigenvalue weighted by molar-refractivity contribution is 7.16. The summed E-state index contributed by atoms with van der Waals surface area (Å²) in [6.07, 6.45) is 0.948. The predicted octanol–water partition coefficient (Wildman–Crippen LogP) is 3.58. The number of thiophene rings is 1. The molecular formula is C13H12FN3S. The normalized spacial score (nSPS) is 11.2. The van der Waals surface area contributed by atoms with E-state index in [-0.39, 0.29) is 5.82 Å². The van der Waals surface area contributed by atoms with Crippen molar-refractivity contribution in [3.05, 3.63) is 35.0 Å². The third kappa shape index (κ3) is 1.76. The molecule has 0 aliphatic heterocycles. The quantitative estimate of drug-likeness (QED) is 0.741. The number of hydrogen-bond acceptors (Lipinski definition) is 3. The number of aromatic nitrogens is 2. The Balaban J connectivity index is 2.15. The van der Waals surface area contributed by atoms with Crippen molar-refractivity contribution in [2.45, 2.75) is 13.3 Å². The van der Waals surface area contributed by atoms with Crippen molar-refractivity contribution in [3.63, 3.8) is 0 Å². The Bertz CT molecular complexity index is 714. The van der Waals surface area contributed by atoms with Crippen LogP contribution < -0.4 is 5.73 Å². The maximum Gasteiger partial charge on any atom is 0.141 e. The van der Waals surface area contributed by atoms with Gasteiger partial charge in [0.15, 0.2) is 0 Å². The van der Waals surface area contributed by atoms with Crippen LogP contribution in [0.2, 0.25) is 0 Å². The summed E-state index contributed by atoms with van der Waals surface area (Å²) in [4.78, 5) is 8.76. The van der Waals surface area contributed by atoms with Gasteiger partial charge in [0.1, 0.15) is 11.6 Å². The predicted molar refractivity (Wildman–Crippen MR) is 73.2 cm³/mol. The molecule has 3 aromatic rings. The van der Waals surface area contributed by atoms with Crippen molar-refractivity contribution >= 4 is 27.4 Å². The molecule has 5 heteroatoms. The van der Waals surface area contributed by atoms with E-state index in [4.69, 9.17) is 5.73 Å². The zero-order chi connectivity index (χ0) is 12.7. The standard InChI is InChI=1S/C13H12FN3S/c1-2-8-6-9(12(15)18-8)13-16-10-4-3-7(14)5-11(10)17-13/h3-6H,2,15H2,1H3,(H,16,17). The van der Waals surface area contributed by atoms with Crippen molar-refractivity contribution in [1.29, 1.82) is 0 Å². The second kappa shape index (κ2) is 4.10. The highest BCUT2D eigenvalue weighted by atomic mass is 32.1. The van der Waals surface area contributed by atoms with E-state index in [0.717, 1.165) is 22.5 Å². The molecule has 0 unspecified atom stereocenters. The summed E-state index contributed by atoms with van der Waals surface area (Å²) in [6.45, 7) is 2.09.